The highest BCUT2D eigenvalue weighted by Crippen LogP contribution is 2.09. The summed E-state index contributed by atoms with van der Waals surface area (Å²) in [6, 6.07) is 11.7. The Labute approximate surface area is 141 Å². The zero-order valence-corrected chi connectivity index (χ0v) is 13.5. The van der Waals surface area contributed by atoms with Crippen molar-refractivity contribution in [2.45, 2.75) is 25.7 Å². The molecule has 0 saturated heterocycles. The predicted molar refractivity (Wildman–Crippen MR) is 95.7 cm³/mol. The van der Waals surface area contributed by atoms with Crippen LogP contribution < -0.4 is 0 Å². The molecule has 0 unspecified atom stereocenters. The molecule has 0 fully saturated rings. The van der Waals surface area contributed by atoms with Crippen molar-refractivity contribution >= 4 is 12.4 Å². The van der Waals surface area contributed by atoms with Crippen LogP contribution >= 0.6 is 0 Å². The van der Waals surface area contributed by atoms with Crippen LogP contribution in [0, 0.1) is 11.6 Å². The maximum atomic E-state index is 13.0. The summed E-state index contributed by atoms with van der Waals surface area (Å²) in [5.74, 6) is -1.77. The van der Waals surface area contributed by atoms with Crippen molar-refractivity contribution in [1.29, 1.82) is 0 Å². The van der Waals surface area contributed by atoms with Crippen molar-refractivity contribution in [1.82, 2.24) is 0 Å². The molecule has 0 atom stereocenters. The number of halogens is 2. The Morgan fingerprint density at radius 3 is 2.17 bits per heavy atom. The summed E-state index contributed by atoms with van der Waals surface area (Å²) in [5, 5.41) is 7.77. The highest BCUT2D eigenvalue weighted by molar-refractivity contribution is 5.82. The first-order chi connectivity index (χ1) is 11.7. The van der Waals surface area contributed by atoms with E-state index in [4.69, 9.17) is 0 Å². The third-order valence-corrected chi connectivity index (χ3v) is 3.53. The molecular formula is C20H20F2N2. The van der Waals surface area contributed by atoms with Gasteiger partial charge < -0.3 is 0 Å². The van der Waals surface area contributed by atoms with Gasteiger partial charge in [-0.15, -0.1) is 6.58 Å². The zero-order chi connectivity index (χ0) is 17.2. The van der Waals surface area contributed by atoms with Crippen LogP contribution in [0.25, 0.3) is 0 Å². The molecule has 0 bridgehead atoms. The quantitative estimate of drug-likeness (QED) is 0.272. The number of rotatable bonds is 8. The van der Waals surface area contributed by atoms with Crippen LogP contribution in [-0.4, -0.2) is 12.4 Å². The monoisotopic (exact) mass is 326 g/mol. The smallest absolute Gasteiger partial charge is 0.159 e. The summed E-state index contributed by atoms with van der Waals surface area (Å²) < 4.78 is 25.8. The minimum Gasteiger partial charge on any atom is -0.204 e. The zero-order valence-electron chi connectivity index (χ0n) is 13.5. The average Bonchev–Trinajstić information content (AvgIpc) is 2.60. The highest BCUT2D eigenvalue weighted by Gasteiger charge is 2.00. The van der Waals surface area contributed by atoms with Crippen LogP contribution in [0.1, 0.15) is 36.0 Å². The van der Waals surface area contributed by atoms with Crippen molar-refractivity contribution in [2.24, 2.45) is 10.2 Å². The third kappa shape index (κ3) is 5.88. The molecule has 0 radical (unpaired) electrons. The summed E-state index contributed by atoms with van der Waals surface area (Å²) >= 11 is 0. The molecule has 0 N–H and O–H groups in total. The number of allylic oxidation sites excluding steroid dienone is 1. The fourth-order valence-corrected chi connectivity index (χ4v) is 2.18. The standard InChI is InChI=1S/C20H20F2N2/c1-2-3-4-5-6-16-7-9-17(10-8-16)14-23-24-15-18-11-12-19(21)20(22)13-18/h2,7-15H,1,3-6H2/b23-14+,24-15+. The van der Waals surface area contributed by atoms with E-state index in [-0.39, 0.29) is 0 Å². The summed E-state index contributed by atoms with van der Waals surface area (Å²) in [4.78, 5) is 0. The number of nitrogens with zero attached hydrogens (tertiary/aromatic N) is 2. The predicted octanol–water partition coefficient (Wildman–Crippen LogP) is 5.32. The van der Waals surface area contributed by atoms with Crippen LogP contribution in [-0.2, 0) is 6.42 Å². The molecule has 124 valence electrons. The van der Waals surface area contributed by atoms with Gasteiger partial charge in [0.05, 0.1) is 12.4 Å². The van der Waals surface area contributed by atoms with Crippen LogP contribution in [0.3, 0.4) is 0 Å². The van der Waals surface area contributed by atoms with Gasteiger partial charge in [-0.25, -0.2) is 8.78 Å². The van der Waals surface area contributed by atoms with Crippen LogP contribution in [0.15, 0.2) is 65.3 Å². The second-order valence-corrected chi connectivity index (χ2v) is 5.44. The largest absolute Gasteiger partial charge is 0.204 e. The van der Waals surface area contributed by atoms with Gasteiger partial charge in [0.1, 0.15) is 0 Å². The van der Waals surface area contributed by atoms with E-state index in [9.17, 15) is 8.78 Å². The lowest BCUT2D eigenvalue weighted by atomic mass is 10.1. The Morgan fingerprint density at radius 1 is 0.833 bits per heavy atom. The third-order valence-electron chi connectivity index (χ3n) is 3.53. The van der Waals surface area contributed by atoms with Crippen molar-refractivity contribution in [2.75, 3.05) is 0 Å². The van der Waals surface area contributed by atoms with E-state index in [2.05, 4.69) is 28.9 Å². The molecule has 0 aromatic heterocycles. The molecule has 2 aromatic rings. The molecule has 2 nitrogen and oxygen atoms in total. The Bertz CT molecular complexity index is 719. The maximum Gasteiger partial charge on any atom is 0.159 e. The van der Waals surface area contributed by atoms with Crippen molar-refractivity contribution < 1.29 is 8.78 Å². The highest BCUT2D eigenvalue weighted by atomic mass is 19.2. The lowest BCUT2D eigenvalue weighted by molar-refractivity contribution is 0.508. The van der Waals surface area contributed by atoms with E-state index in [0.29, 0.717) is 5.56 Å². The molecule has 0 aliphatic rings. The van der Waals surface area contributed by atoms with Crippen LogP contribution in [0.5, 0.6) is 0 Å². The van der Waals surface area contributed by atoms with Gasteiger partial charge >= 0.3 is 0 Å². The molecule has 4 heteroatoms. The average molecular weight is 326 g/mol. The molecule has 0 spiro atoms. The van der Waals surface area contributed by atoms with Gasteiger partial charge in [-0.05, 0) is 54.5 Å². The molecule has 0 aliphatic heterocycles. The normalized spacial score (nSPS) is 11.4. The molecule has 24 heavy (non-hydrogen) atoms. The van der Waals surface area contributed by atoms with E-state index < -0.39 is 11.6 Å². The minimum atomic E-state index is -0.897. The Kier molecular flexibility index (Phi) is 7.02. The van der Waals surface area contributed by atoms with E-state index >= 15 is 0 Å². The number of aryl methyl sites for hydroxylation is 1. The topological polar surface area (TPSA) is 24.7 Å². The van der Waals surface area contributed by atoms with Gasteiger partial charge in [0, 0.05) is 0 Å². The summed E-state index contributed by atoms with van der Waals surface area (Å²) in [7, 11) is 0. The molecule has 2 aromatic carbocycles. The van der Waals surface area contributed by atoms with E-state index in [1.165, 1.54) is 17.8 Å². The van der Waals surface area contributed by atoms with Gasteiger partial charge in [-0.1, -0.05) is 36.4 Å². The van der Waals surface area contributed by atoms with E-state index in [0.717, 1.165) is 43.4 Å². The van der Waals surface area contributed by atoms with Crippen LogP contribution in [0.2, 0.25) is 0 Å². The second-order valence-electron chi connectivity index (χ2n) is 5.44. The summed E-state index contributed by atoms with van der Waals surface area (Å²) in [5.41, 5.74) is 2.69. The second kappa shape index (κ2) is 9.50. The number of unbranched alkanes of at least 4 members (excludes halogenated alkanes) is 2. The molecule has 0 amide bonds. The Hall–Kier alpha value is -2.62. The number of benzene rings is 2. The van der Waals surface area contributed by atoms with Crippen molar-refractivity contribution in [3.8, 4) is 0 Å². The minimum absolute atomic E-state index is 0.459. The fourth-order valence-electron chi connectivity index (χ4n) is 2.18. The molecule has 0 heterocycles. The lowest BCUT2D eigenvalue weighted by Crippen LogP contribution is -1.88. The van der Waals surface area contributed by atoms with Gasteiger partial charge in [-0.3, -0.25) is 0 Å². The first-order valence-electron chi connectivity index (χ1n) is 7.90. The van der Waals surface area contributed by atoms with E-state index in [1.807, 2.05) is 18.2 Å². The molecular weight excluding hydrogens is 306 g/mol. The number of hydrogen-bond donors (Lipinski definition) is 0. The SMILES string of the molecule is C=CCCCCc1ccc(/C=N/N=C/c2ccc(F)c(F)c2)cc1. The van der Waals surface area contributed by atoms with Crippen molar-refractivity contribution in [3.63, 3.8) is 0 Å². The van der Waals surface area contributed by atoms with Gasteiger partial charge in [0.25, 0.3) is 0 Å². The first kappa shape index (κ1) is 17.7. The summed E-state index contributed by atoms with van der Waals surface area (Å²) in [6.45, 7) is 3.72. The first-order valence-corrected chi connectivity index (χ1v) is 7.90. The Balaban J connectivity index is 1.86. The fraction of sp³-hybridized carbons (Fsp3) is 0.200. The van der Waals surface area contributed by atoms with Gasteiger partial charge in [-0.2, -0.15) is 10.2 Å². The van der Waals surface area contributed by atoms with Crippen LogP contribution in [0.4, 0.5) is 8.78 Å². The van der Waals surface area contributed by atoms with Gasteiger partial charge in [0.15, 0.2) is 11.6 Å². The van der Waals surface area contributed by atoms with Gasteiger partial charge in [0.2, 0.25) is 0 Å². The molecule has 2 rings (SSSR count). The Morgan fingerprint density at radius 2 is 1.50 bits per heavy atom. The van der Waals surface area contributed by atoms with Crippen molar-refractivity contribution in [3.05, 3.63) is 83.4 Å². The molecule has 0 saturated carbocycles. The molecule has 0 aliphatic carbocycles. The maximum absolute atomic E-state index is 13.0. The lowest BCUT2D eigenvalue weighted by Gasteiger charge is -2.00. The summed E-state index contributed by atoms with van der Waals surface area (Å²) in [6.07, 6.45) is 9.37. The number of hydrogen-bond acceptors (Lipinski definition) is 2. The van der Waals surface area contributed by atoms with E-state index in [1.54, 1.807) is 6.21 Å².